The van der Waals surface area contributed by atoms with Crippen molar-refractivity contribution in [2.24, 2.45) is 0 Å². The highest BCUT2D eigenvalue weighted by atomic mass is 31.2. The fraction of sp³-hybridized carbons (Fsp3) is 0.500. The molecule has 0 aromatic carbocycles. The lowest BCUT2D eigenvalue weighted by molar-refractivity contribution is -0.116. The average Bonchev–Trinajstić information content (AvgIpc) is 2.56. The zero-order valence-electron chi connectivity index (χ0n) is 10.3. The number of phosphoric acid groups is 1. The van der Waals surface area contributed by atoms with Crippen LogP contribution in [-0.4, -0.2) is 55.2 Å². The maximum absolute atomic E-state index is 11.1. The summed E-state index contributed by atoms with van der Waals surface area (Å²) >= 11 is 0. The minimum absolute atomic E-state index is 0.0350. The van der Waals surface area contributed by atoms with E-state index in [-0.39, 0.29) is 18.1 Å². The van der Waals surface area contributed by atoms with Gasteiger partial charge in [0.2, 0.25) is 0 Å². The summed E-state index contributed by atoms with van der Waals surface area (Å²) < 4.78 is 15.3. The van der Waals surface area contributed by atoms with E-state index in [0.29, 0.717) is 0 Å². The largest absolute Gasteiger partial charge is 0.469 e. The first-order valence-corrected chi connectivity index (χ1v) is 7.28. The first-order valence-electron chi connectivity index (χ1n) is 5.75. The van der Waals surface area contributed by atoms with Gasteiger partial charge in [0.15, 0.2) is 0 Å². The maximum Gasteiger partial charge on any atom is 0.469 e. The maximum atomic E-state index is 11.1. The second-order valence-electron chi connectivity index (χ2n) is 4.58. The average molecular weight is 306 g/mol. The van der Waals surface area contributed by atoms with Crippen LogP contribution in [0.5, 0.6) is 0 Å². The number of nitrogens with one attached hydrogen (secondary N) is 1. The summed E-state index contributed by atoms with van der Waals surface area (Å²) in [6, 6.07) is -0.717. The summed E-state index contributed by atoms with van der Waals surface area (Å²) in [5.74, 6) is -0.173. The van der Waals surface area contributed by atoms with Crippen LogP contribution in [0.2, 0.25) is 0 Å². The molecule has 1 aliphatic carbocycles. The Balaban J connectivity index is 2.14. The predicted molar refractivity (Wildman–Crippen MR) is 65.6 cm³/mol. The lowest BCUT2D eigenvalue weighted by Gasteiger charge is -2.33. The van der Waals surface area contributed by atoms with E-state index in [2.05, 4.69) is 16.4 Å². The fourth-order valence-electron chi connectivity index (χ4n) is 2.32. The number of hydrogen-bond donors (Lipinski definition) is 5. The topological polar surface area (TPSA) is 140 Å². The van der Waals surface area contributed by atoms with Gasteiger partial charge < -0.3 is 30.2 Å². The second kappa shape index (κ2) is 5.28. The molecule has 0 aromatic heterocycles. The van der Waals surface area contributed by atoms with Gasteiger partial charge in [0.05, 0.1) is 6.04 Å². The SMILES string of the molecule is C=C1NC(=O)C=CN1C1CC(OP(=O)(O)O)C(O)C1O. The molecular formula is C10H15N2O7P. The fourth-order valence-corrected chi connectivity index (χ4v) is 2.88. The Hall–Kier alpha value is -1.22. The lowest BCUT2D eigenvalue weighted by atomic mass is 10.1. The molecule has 9 nitrogen and oxygen atoms in total. The summed E-state index contributed by atoms with van der Waals surface area (Å²) in [7, 11) is -4.77. The van der Waals surface area contributed by atoms with Crippen molar-refractivity contribution in [2.75, 3.05) is 0 Å². The quantitative estimate of drug-likeness (QED) is 0.392. The first kappa shape index (κ1) is 15.2. The van der Waals surface area contributed by atoms with Crippen molar-refractivity contribution < 1.29 is 33.9 Å². The Morgan fingerprint density at radius 3 is 2.60 bits per heavy atom. The van der Waals surface area contributed by atoms with Crippen LogP contribution in [0.3, 0.4) is 0 Å². The second-order valence-corrected chi connectivity index (χ2v) is 5.77. The monoisotopic (exact) mass is 306 g/mol. The molecule has 0 radical (unpaired) electrons. The smallest absolute Gasteiger partial charge is 0.388 e. The van der Waals surface area contributed by atoms with Gasteiger partial charge in [0, 0.05) is 18.7 Å². The third kappa shape index (κ3) is 3.09. The Bertz CT molecular complexity index is 502. The molecule has 112 valence electrons. The molecule has 1 amide bonds. The van der Waals surface area contributed by atoms with Gasteiger partial charge in [-0.25, -0.2) is 4.57 Å². The molecule has 4 unspecified atom stereocenters. The van der Waals surface area contributed by atoms with Gasteiger partial charge in [0.1, 0.15) is 24.1 Å². The highest BCUT2D eigenvalue weighted by Gasteiger charge is 2.47. The van der Waals surface area contributed by atoms with Crippen molar-refractivity contribution in [2.45, 2.75) is 30.8 Å². The van der Waals surface area contributed by atoms with Gasteiger partial charge in [-0.2, -0.15) is 0 Å². The number of nitrogens with zero attached hydrogens (tertiary/aromatic N) is 1. The number of hydrogen-bond acceptors (Lipinski definition) is 6. The van der Waals surface area contributed by atoms with Gasteiger partial charge in [-0.1, -0.05) is 6.58 Å². The molecule has 2 rings (SSSR count). The van der Waals surface area contributed by atoms with Crippen LogP contribution in [0.4, 0.5) is 0 Å². The molecule has 0 bridgehead atoms. The molecule has 1 fully saturated rings. The van der Waals surface area contributed by atoms with Crippen LogP contribution in [0, 0.1) is 0 Å². The number of rotatable bonds is 3. The highest BCUT2D eigenvalue weighted by Crippen LogP contribution is 2.42. The zero-order valence-corrected chi connectivity index (χ0v) is 11.2. The Morgan fingerprint density at radius 1 is 1.40 bits per heavy atom. The van der Waals surface area contributed by atoms with E-state index in [1.54, 1.807) is 0 Å². The summed E-state index contributed by atoms with van der Waals surface area (Å²) in [5, 5.41) is 22.1. The van der Waals surface area contributed by atoms with Crippen molar-refractivity contribution >= 4 is 13.7 Å². The summed E-state index contributed by atoms with van der Waals surface area (Å²) in [5.41, 5.74) is 0. The highest BCUT2D eigenvalue weighted by molar-refractivity contribution is 7.46. The molecule has 2 aliphatic rings. The van der Waals surface area contributed by atoms with Crippen LogP contribution in [-0.2, 0) is 13.9 Å². The molecule has 1 heterocycles. The third-order valence-electron chi connectivity index (χ3n) is 3.19. The van der Waals surface area contributed by atoms with Crippen molar-refractivity contribution in [1.82, 2.24) is 10.2 Å². The van der Waals surface area contributed by atoms with Gasteiger partial charge in [-0.3, -0.25) is 9.32 Å². The van der Waals surface area contributed by atoms with E-state index in [1.165, 1.54) is 17.2 Å². The molecule has 0 spiro atoms. The Morgan fingerprint density at radius 2 is 2.05 bits per heavy atom. The molecular weight excluding hydrogens is 291 g/mol. The molecule has 0 saturated heterocycles. The van der Waals surface area contributed by atoms with Gasteiger partial charge in [-0.05, 0) is 0 Å². The van der Waals surface area contributed by atoms with Crippen LogP contribution < -0.4 is 5.32 Å². The van der Waals surface area contributed by atoms with Crippen molar-refractivity contribution in [3.05, 3.63) is 24.7 Å². The zero-order chi connectivity index (χ0) is 15.1. The number of carbonyl (C=O) groups is 1. The summed E-state index contributed by atoms with van der Waals surface area (Å²) in [4.78, 5) is 30.0. The van der Waals surface area contributed by atoms with Crippen molar-refractivity contribution in [3.8, 4) is 0 Å². The minimum Gasteiger partial charge on any atom is -0.388 e. The number of aliphatic hydroxyl groups is 2. The Labute approximate surface area is 114 Å². The Kier molecular flexibility index (Phi) is 4.01. The summed E-state index contributed by atoms with van der Waals surface area (Å²) in [6.07, 6.45) is -1.41. The predicted octanol–water partition coefficient (Wildman–Crippen LogP) is -1.62. The van der Waals surface area contributed by atoms with Crippen LogP contribution in [0.25, 0.3) is 0 Å². The molecule has 20 heavy (non-hydrogen) atoms. The van der Waals surface area contributed by atoms with Crippen LogP contribution in [0.1, 0.15) is 6.42 Å². The van der Waals surface area contributed by atoms with E-state index >= 15 is 0 Å². The van der Waals surface area contributed by atoms with E-state index in [4.69, 9.17) is 9.79 Å². The number of amides is 1. The normalized spacial score (nSPS) is 34.5. The lowest BCUT2D eigenvalue weighted by Crippen LogP contribution is -2.45. The molecule has 1 aliphatic heterocycles. The first-order chi connectivity index (χ1) is 9.19. The van der Waals surface area contributed by atoms with E-state index in [1.807, 2.05) is 0 Å². The number of aliphatic hydroxyl groups excluding tert-OH is 2. The van der Waals surface area contributed by atoms with Crippen LogP contribution in [0.15, 0.2) is 24.7 Å². The molecule has 0 aromatic rings. The van der Waals surface area contributed by atoms with Gasteiger partial charge in [0.25, 0.3) is 5.91 Å². The third-order valence-corrected chi connectivity index (χ3v) is 3.74. The van der Waals surface area contributed by atoms with Gasteiger partial charge >= 0.3 is 7.82 Å². The van der Waals surface area contributed by atoms with E-state index < -0.39 is 32.2 Å². The molecule has 1 saturated carbocycles. The molecule has 4 atom stereocenters. The van der Waals surface area contributed by atoms with Crippen molar-refractivity contribution in [1.29, 1.82) is 0 Å². The van der Waals surface area contributed by atoms with Crippen molar-refractivity contribution in [3.63, 3.8) is 0 Å². The molecule has 10 heteroatoms. The number of carbonyl (C=O) groups excluding carboxylic acids is 1. The van der Waals surface area contributed by atoms with E-state index in [0.717, 1.165) is 0 Å². The summed E-state index contributed by atoms with van der Waals surface area (Å²) in [6.45, 7) is 3.61. The number of phosphoric ester groups is 1. The minimum atomic E-state index is -4.77. The van der Waals surface area contributed by atoms with Crippen LogP contribution >= 0.6 is 7.82 Å². The molecule has 5 N–H and O–H groups in total. The van der Waals surface area contributed by atoms with Gasteiger partial charge in [-0.15, -0.1) is 0 Å². The van der Waals surface area contributed by atoms with E-state index in [9.17, 15) is 19.6 Å². The standard InChI is InChI=1S/C10H15N2O7P/c1-5-11-8(13)2-3-12(5)6-4-7(10(15)9(6)14)19-20(16,17)18/h2-3,6-7,9-10,14-15H,1,4H2,(H,11,13)(H2,16,17,18).